The fourth-order valence-electron chi connectivity index (χ4n) is 17.4. The van der Waals surface area contributed by atoms with Crippen molar-refractivity contribution in [3.8, 4) is 86.2 Å². The van der Waals surface area contributed by atoms with Crippen molar-refractivity contribution in [1.29, 1.82) is 0 Å². The van der Waals surface area contributed by atoms with Crippen molar-refractivity contribution in [3.63, 3.8) is 0 Å². The third-order valence-electron chi connectivity index (χ3n) is 25.3. The minimum Gasteiger partial charge on any atom is -0.489 e. The van der Waals surface area contributed by atoms with E-state index in [2.05, 4.69) is 85.2 Å². The fraction of sp³-hybridized carbons (Fsp3) is 0.485. The highest BCUT2D eigenvalue weighted by Crippen LogP contribution is 2.41. The van der Waals surface area contributed by atoms with Crippen LogP contribution in [0.2, 0.25) is 0 Å². The molecule has 38 heteroatoms. The summed E-state index contributed by atoms with van der Waals surface area (Å²) in [6.07, 6.45) is 21.7. The molecule has 0 spiro atoms. The molecule has 0 aromatic carbocycles. The molecule has 4 N–H and O–H groups in total. The second-order valence-corrected chi connectivity index (χ2v) is 36.0. The van der Waals surface area contributed by atoms with Crippen LogP contribution in [0.4, 0.5) is 5.95 Å². The minimum atomic E-state index is -0.753. The van der Waals surface area contributed by atoms with Crippen molar-refractivity contribution in [2.75, 3.05) is 25.7 Å². The molecule has 6 saturated carbocycles. The van der Waals surface area contributed by atoms with Crippen molar-refractivity contribution in [1.82, 2.24) is 105 Å². The highest BCUT2D eigenvalue weighted by molar-refractivity contribution is 5.72. The van der Waals surface area contributed by atoms with E-state index in [1.165, 1.54) is 18.5 Å². The normalized spacial score (nSPS) is 19.0. The number of methoxy groups -OCH3 is 1. The van der Waals surface area contributed by atoms with Crippen LogP contribution < -0.4 is 38.1 Å². The van der Waals surface area contributed by atoms with E-state index in [4.69, 9.17) is 57.8 Å². The van der Waals surface area contributed by atoms with E-state index < -0.39 is 23.9 Å². The molecule has 8 atom stereocenters. The van der Waals surface area contributed by atoms with Gasteiger partial charge in [0.25, 0.3) is 0 Å². The molecule has 0 amide bonds. The monoisotopic (exact) mass is 1870 g/mol. The summed E-state index contributed by atoms with van der Waals surface area (Å²) in [5, 5.41) is 71.5. The van der Waals surface area contributed by atoms with E-state index in [1.54, 1.807) is 51.3 Å². The van der Waals surface area contributed by atoms with Crippen LogP contribution in [0.1, 0.15) is 216 Å². The average Bonchev–Trinajstić information content (AvgIpc) is 1.70. The molecule has 0 radical (unpaired) electrons. The average molecular weight is 1870 g/mol. The van der Waals surface area contributed by atoms with Crippen LogP contribution in [0.25, 0.3) is 45.6 Å². The number of rotatable bonds is 34. The molecule has 38 nitrogen and oxygen atoms in total. The van der Waals surface area contributed by atoms with E-state index in [0.717, 1.165) is 145 Å². The molecule has 0 aliphatic heterocycles. The van der Waals surface area contributed by atoms with Gasteiger partial charge in [-0.15, -0.1) is 20.4 Å². The number of nitrogens with zero attached hydrogens (tertiary/aromatic N) is 22. The second kappa shape index (κ2) is 45.5. The zero-order chi connectivity index (χ0) is 96.3. The Morgan fingerprint density at radius 1 is 0.401 bits per heavy atom. The van der Waals surface area contributed by atoms with Crippen molar-refractivity contribution >= 4 is 29.8 Å². The molecule has 6 aliphatic carbocycles. The zero-order valence-electron chi connectivity index (χ0n) is 79.4. The van der Waals surface area contributed by atoms with E-state index in [0.29, 0.717) is 170 Å². The Kier molecular flexibility index (Phi) is 32.4. The molecule has 0 bridgehead atoms. The first-order valence-corrected chi connectivity index (χ1v) is 47.1. The molecule has 12 heterocycles. The Balaban J connectivity index is 0.000000139. The molecule has 12 aromatic heterocycles. The second-order valence-electron chi connectivity index (χ2n) is 36.0. The molecule has 137 heavy (non-hydrogen) atoms. The summed E-state index contributed by atoms with van der Waals surface area (Å²) in [4.78, 5) is 88.9. The summed E-state index contributed by atoms with van der Waals surface area (Å²) >= 11 is 0. The standard InChI is InChI=1S/C25H31N7O4.C25H31N5O4.C25H29N5O3.C24H29N5O5/c1-15-21(35-18-6-4-5-16(13-18)24(33)34)10-9-19(27-15)23-20(32(3)30-29-23)14-31(2)25-26-12-11-22(28-25)36-17-7-8-17;1-4-13-33-23-10-6-8-18(27-23)15-21-24(28-29-30(21)3)20-11-12-22(16(2)26-20)34-19-9-5-7-17(14-19)25(31)32;1-15-23(33-19-7-3-5-17(13-19)25(31)32)12-11-21(26-15)24-22(30(2)29-28-24)14-18-6-4-8-20(27-18)16-9-10-16;1-15-21(34-18-6-4-5-17(12-18)24(30)31)8-7-19(26-15)23-20(29(2)28-27-23)14-33-22-11-16(13-32-3)9-10-25-22/h9-12,16-18H,4-8,13-14H2,1-3H3,(H,33,34);6,8,10-12,17,19H,4-5,7,9,13-15H2,1-3H3,(H,31,32);4,6,8,11-12,16-17,19H,3,5,7,9-10,13-14H2,1-2H3,(H,31,32);7-11,17-18H,4-6,12-14H2,1-3H3,(H,30,31)/t16-,18-;2*17-,19-;17-,18-/m0000/s1. The van der Waals surface area contributed by atoms with Gasteiger partial charge in [-0.1, -0.05) is 39.9 Å². The summed E-state index contributed by atoms with van der Waals surface area (Å²) in [7, 11) is 11.0. The molecule has 18 rings (SSSR count). The lowest BCUT2D eigenvalue weighted by Crippen LogP contribution is -2.29. The molecule has 722 valence electrons. The first-order chi connectivity index (χ1) is 66.2. The van der Waals surface area contributed by atoms with Gasteiger partial charge in [0.05, 0.1) is 136 Å². The summed E-state index contributed by atoms with van der Waals surface area (Å²) in [5.74, 6) is 1.19. The van der Waals surface area contributed by atoms with Gasteiger partial charge in [0, 0.05) is 103 Å². The molecular weight excluding hydrogens is 1750 g/mol. The summed E-state index contributed by atoms with van der Waals surface area (Å²) < 4.78 is 54.0. The Labute approximate surface area is 794 Å². The molecule has 6 aliphatic rings. The molecule has 0 saturated heterocycles. The van der Waals surface area contributed by atoms with Gasteiger partial charge in [-0.3, -0.25) is 33.5 Å². The lowest BCUT2D eigenvalue weighted by atomic mass is 9.87. The van der Waals surface area contributed by atoms with Crippen LogP contribution in [0.15, 0.2) is 116 Å². The molecule has 12 aromatic rings. The lowest BCUT2D eigenvalue weighted by molar-refractivity contribution is -0.144. The molecular formula is C99H120N22O16. The maximum Gasteiger partial charge on any atom is 0.306 e. The number of hydrogen-bond acceptors (Lipinski definition) is 30. The number of carbonyl (C=O) groups is 4. The number of aliphatic carboxylic acids is 4. The van der Waals surface area contributed by atoms with Gasteiger partial charge in [0.1, 0.15) is 64.2 Å². The van der Waals surface area contributed by atoms with Crippen molar-refractivity contribution in [2.24, 2.45) is 51.9 Å². The molecule has 0 unspecified atom stereocenters. The minimum absolute atomic E-state index is 0.0944. The van der Waals surface area contributed by atoms with Crippen LogP contribution in [0, 0.1) is 51.4 Å². The van der Waals surface area contributed by atoms with E-state index >= 15 is 0 Å². The fourth-order valence-corrected chi connectivity index (χ4v) is 17.4. The lowest BCUT2D eigenvalue weighted by Gasteiger charge is -2.27. The number of aryl methyl sites for hydroxylation is 8. The van der Waals surface area contributed by atoms with Gasteiger partial charge >= 0.3 is 23.9 Å². The van der Waals surface area contributed by atoms with E-state index in [1.807, 2.05) is 146 Å². The SMILES string of the molecule is CCCOc1cccc(Cc2c(-c3ccc(O[C@H]4CCC[C@H](C(=O)O)C4)c(C)n3)nnn2C)n1.COCc1ccnc(OCc2c(-c3ccc(O[C@H]4CCC[C@H](C(=O)O)C4)c(C)n3)nnn2C)c1.Cc1nc(-c2nnn(C)c2CN(C)c2nccc(OC3CC3)n2)ccc1O[C@H]1CCC[C@H](C(=O)O)C1.Cc1nc(-c2nnn(C)c2Cc2cccc(C3CC3)n2)ccc1O[C@H]1CCC[C@H](C(=O)O)C1. The predicted octanol–water partition coefficient (Wildman–Crippen LogP) is 14.6. The van der Waals surface area contributed by atoms with Gasteiger partial charge in [-0.25, -0.2) is 44.3 Å². The van der Waals surface area contributed by atoms with E-state index in [9.17, 15) is 39.6 Å². The largest absolute Gasteiger partial charge is 0.489 e. The number of pyridine rings is 7. The van der Waals surface area contributed by atoms with Crippen molar-refractivity contribution < 1.29 is 77.5 Å². The third kappa shape index (κ3) is 26.0. The highest BCUT2D eigenvalue weighted by atomic mass is 16.5. The van der Waals surface area contributed by atoms with Crippen LogP contribution in [0.5, 0.6) is 40.6 Å². The van der Waals surface area contributed by atoms with Crippen LogP contribution in [0.3, 0.4) is 0 Å². The Hall–Kier alpha value is -14.1. The Bertz CT molecular complexity index is 6170. The summed E-state index contributed by atoms with van der Waals surface area (Å²) in [5.41, 5.74) is 16.0. The Morgan fingerprint density at radius 3 is 1.23 bits per heavy atom. The number of anilines is 1. The topological polar surface area (TPSA) is 465 Å². The van der Waals surface area contributed by atoms with Crippen molar-refractivity contribution in [2.45, 2.75) is 238 Å². The smallest absolute Gasteiger partial charge is 0.306 e. The number of carboxylic acid groups (broad SMARTS) is 4. The van der Waals surface area contributed by atoms with Gasteiger partial charge in [0.2, 0.25) is 23.6 Å². The van der Waals surface area contributed by atoms with Crippen LogP contribution in [-0.4, -0.2) is 200 Å². The maximum absolute atomic E-state index is 11.4. The van der Waals surface area contributed by atoms with Crippen molar-refractivity contribution in [3.05, 3.63) is 184 Å². The Morgan fingerprint density at radius 2 is 0.810 bits per heavy atom. The van der Waals surface area contributed by atoms with Crippen LogP contribution in [-0.2, 0) is 84.7 Å². The number of ether oxygens (including phenoxy) is 8. The predicted molar refractivity (Wildman–Crippen MR) is 501 cm³/mol. The quantitative estimate of drug-likeness (QED) is 0.0291. The number of aromatic nitrogens is 21. The third-order valence-corrected chi connectivity index (χ3v) is 25.3. The molecule has 6 fully saturated rings. The first kappa shape index (κ1) is 97.5. The number of hydrogen-bond donors (Lipinski definition) is 4. The highest BCUT2D eigenvalue weighted by Gasteiger charge is 2.35. The van der Waals surface area contributed by atoms with Crippen LogP contribution >= 0.6 is 0 Å². The van der Waals surface area contributed by atoms with Gasteiger partial charge in [-0.2, -0.15) is 4.98 Å². The van der Waals surface area contributed by atoms with Gasteiger partial charge in [0.15, 0.2) is 0 Å². The van der Waals surface area contributed by atoms with Gasteiger partial charge in [-0.05, 0) is 241 Å². The zero-order valence-corrected chi connectivity index (χ0v) is 79.4. The maximum atomic E-state index is 11.4. The van der Waals surface area contributed by atoms with E-state index in [-0.39, 0.29) is 60.8 Å². The number of carboxylic acids is 4. The first-order valence-electron chi connectivity index (χ1n) is 47.1. The van der Waals surface area contributed by atoms with Gasteiger partial charge < -0.3 is 63.2 Å². The summed E-state index contributed by atoms with van der Waals surface area (Å²) in [6, 6.07) is 32.5. The summed E-state index contributed by atoms with van der Waals surface area (Å²) in [6.45, 7) is 11.4.